The Morgan fingerprint density at radius 3 is 1.33 bits per heavy atom. The summed E-state index contributed by atoms with van der Waals surface area (Å²) in [4.78, 5) is 16.5. The Bertz CT molecular complexity index is 174. The molecule has 0 saturated carbocycles. The summed E-state index contributed by atoms with van der Waals surface area (Å²) in [6.07, 6.45) is 9.03. The largest absolute Gasteiger partial charge is 0.275 e. The maximum Gasteiger partial charge on any atom is 0.147 e. The molecule has 2 rings (SSSR count). The second-order valence-corrected chi connectivity index (χ2v) is 1.51. The van der Waals surface area contributed by atoms with Crippen molar-refractivity contribution >= 4 is 12.4 Å². The van der Waals surface area contributed by atoms with Gasteiger partial charge < -0.3 is 0 Å². The fourth-order valence-electron chi connectivity index (χ4n) is 0.354. The van der Waals surface area contributed by atoms with Gasteiger partial charge in [-0.25, -0.2) is 0 Å². The topological polar surface area (TPSA) is 61.6 Å². The summed E-state index contributed by atoms with van der Waals surface area (Å²) >= 11 is 0. The highest BCUT2D eigenvalue weighted by atomic mass is 17.3. The lowest BCUT2D eigenvalue weighted by Crippen LogP contribution is -1.82. The first-order chi connectivity index (χ1) is 6.00. The molecule has 0 atom stereocenters. The molecule has 12 heavy (non-hydrogen) atoms. The third kappa shape index (κ3) is 3.94. The van der Waals surface area contributed by atoms with Crippen LogP contribution in [0.5, 0.6) is 0 Å². The molecule has 0 aliphatic carbocycles. The van der Waals surface area contributed by atoms with Crippen LogP contribution in [0.25, 0.3) is 0 Å². The van der Waals surface area contributed by atoms with Crippen molar-refractivity contribution in [3.05, 3.63) is 24.7 Å². The molecular weight excluding hydrogens is 164 g/mol. The molecule has 2 heterocycles. The SMILES string of the molecule is C1=COON=C1.C1=COON=C1. The molecule has 0 aromatic heterocycles. The maximum absolute atomic E-state index is 4.19. The second kappa shape index (κ2) is 5.78. The van der Waals surface area contributed by atoms with Gasteiger partial charge in [0.05, 0.1) is 12.4 Å². The standard InChI is InChI=1S/2C3H3NO2/c2*1-2-4-6-5-3-1/h2*1-3H. The van der Waals surface area contributed by atoms with Crippen LogP contribution < -0.4 is 0 Å². The van der Waals surface area contributed by atoms with Gasteiger partial charge in [0, 0.05) is 0 Å². The molecule has 2 aliphatic heterocycles. The first-order valence-corrected chi connectivity index (χ1v) is 3.02. The molecule has 0 spiro atoms. The first kappa shape index (κ1) is 8.12. The molecule has 0 radical (unpaired) electrons. The van der Waals surface area contributed by atoms with Crippen LogP contribution in [0, 0.1) is 0 Å². The lowest BCUT2D eigenvalue weighted by Gasteiger charge is -1.92. The monoisotopic (exact) mass is 170 g/mol. The molecule has 0 aromatic carbocycles. The van der Waals surface area contributed by atoms with Crippen LogP contribution in [0.1, 0.15) is 0 Å². The van der Waals surface area contributed by atoms with Gasteiger partial charge in [-0.1, -0.05) is 0 Å². The van der Waals surface area contributed by atoms with E-state index < -0.39 is 0 Å². The molecule has 0 aromatic rings. The van der Waals surface area contributed by atoms with Crippen LogP contribution >= 0.6 is 0 Å². The van der Waals surface area contributed by atoms with E-state index in [0.29, 0.717) is 0 Å². The zero-order valence-electron chi connectivity index (χ0n) is 5.99. The molecule has 0 saturated heterocycles. The normalized spacial score (nSPS) is 16.0. The highest BCUT2D eigenvalue weighted by Crippen LogP contribution is 1.85. The summed E-state index contributed by atoms with van der Waals surface area (Å²) in [5.74, 6) is 0. The molecule has 0 amide bonds. The summed E-state index contributed by atoms with van der Waals surface area (Å²) in [6, 6.07) is 0. The van der Waals surface area contributed by atoms with Gasteiger partial charge in [0.2, 0.25) is 0 Å². The van der Waals surface area contributed by atoms with Crippen molar-refractivity contribution in [3.8, 4) is 0 Å². The Balaban J connectivity index is 0.000000120. The van der Waals surface area contributed by atoms with E-state index >= 15 is 0 Å². The van der Waals surface area contributed by atoms with Gasteiger partial charge in [-0.2, -0.15) is 9.98 Å². The Hall–Kier alpha value is -1.98. The van der Waals surface area contributed by atoms with E-state index in [1.165, 1.54) is 25.0 Å². The third-order valence-corrected chi connectivity index (χ3v) is 0.734. The summed E-state index contributed by atoms with van der Waals surface area (Å²) < 4.78 is 0. The highest BCUT2D eigenvalue weighted by Gasteiger charge is 1.77. The molecule has 2 aliphatic rings. The number of hydrogen-bond donors (Lipinski definition) is 0. The van der Waals surface area contributed by atoms with Crippen LogP contribution in [0.3, 0.4) is 0 Å². The lowest BCUT2D eigenvalue weighted by molar-refractivity contribution is -0.251. The Kier molecular flexibility index (Phi) is 3.91. The quantitative estimate of drug-likeness (QED) is 0.506. The van der Waals surface area contributed by atoms with Crippen LogP contribution in [0.15, 0.2) is 35.0 Å². The zero-order valence-corrected chi connectivity index (χ0v) is 5.99. The van der Waals surface area contributed by atoms with Crippen molar-refractivity contribution in [3.63, 3.8) is 0 Å². The van der Waals surface area contributed by atoms with E-state index in [-0.39, 0.29) is 0 Å². The van der Waals surface area contributed by atoms with Crippen molar-refractivity contribution in [1.82, 2.24) is 0 Å². The van der Waals surface area contributed by atoms with Crippen molar-refractivity contribution in [2.45, 2.75) is 0 Å². The van der Waals surface area contributed by atoms with Crippen molar-refractivity contribution < 1.29 is 19.8 Å². The van der Waals surface area contributed by atoms with E-state index in [2.05, 4.69) is 30.1 Å². The number of allylic oxidation sites excluding steroid dienone is 2. The van der Waals surface area contributed by atoms with Gasteiger partial charge in [-0.3, -0.25) is 9.78 Å². The van der Waals surface area contributed by atoms with Gasteiger partial charge >= 0.3 is 0 Å². The molecule has 6 heteroatoms. The average molecular weight is 170 g/mol. The fraction of sp³-hybridized carbons (Fsp3) is 0. The summed E-state index contributed by atoms with van der Waals surface area (Å²) in [6.45, 7) is 0. The molecule has 0 unspecified atom stereocenters. The van der Waals surface area contributed by atoms with E-state index in [9.17, 15) is 0 Å². The average Bonchev–Trinajstić information content (AvgIpc) is 2.24. The number of nitrogens with zero attached hydrogens (tertiary/aromatic N) is 2. The van der Waals surface area contributed by atoms with E-state index in [0.717, 1.165) is 0 Å². The van der Waals surface area contributed by atoms with E-state index in [1.54, 1.807) is 12.2 Å². The van der Waals surface area contributed by atoms with Crippen LogP contribution in [-0.4, -0.2) is 12.4 Å². The lowest BCUT2D eigenvalue weighted by atomic mass is 10.7. The number of hydrogen-bond acceptors (Lipinski definition) is 6. The Morgan fingerprint density at radius 1 is 0.750 bits per heavy atom. The van der Waals surface area contributed by atoms with Crippen LogP contribution in [0.2, 0.25) is 0 Å². The summed E-state index contributed by atoms with van der Waals surface area (Å²) in [7, 11) is 0. The Morgan fingerprint density at radius 2 is 1.25 bits per heavy atom. The van der Waals surface area contributed by atoms with Gasteiger partial charge in [-0.05, 0) is 22.5 Å². The minimum Gasteiger partial charge on any atom is -0.275 e. The van der Waals surface area contributed by atoms with Gasteiger partial charge in [0.15, 0.2) is 0 Å². The zero-order chi connectivity index (χ0) is 8.49. The third-order valence-electron chi connectivity index (χ3n) is 0.734. The predicted octanol–water partition coefficient (Wildman–Crippen LogP) is 0.895. The van der Waals surface area contributed by atoms with E-state index in [4.69, 9.17) is 0 Å². The minimum atomic E-state index is 1.40. The van der Waals surface area contributed by atoms with Crippen LogP contribution in [-0.2, 0) is 19.8 Å². The smallest absolute Gasteiger partial charge is 0.147 e. The highest BCUT2D eigenvalue weighted by molar-refractivity contribution is 5.70. The molecule has 0 bridgehead atoms. The van der Waals surface area contributed by atoms with Gasteiger partial charge in [0.1, 0.15) is 12.5 Å². The maximum atomic E-state index is 4.19. The number of oxime groups is 2. The Labute approximate surface area is 68.2 Å². The molecule has 0 fully saturated rings. The number of rotatable bonds is 0. The van der Waals surface area contributed by atoms with Crippen molar-refractivity contribution in [1.29, 1.82) is 0 Å². The predicted molar refractivity (Wildman–Crippen MR) is 39.6 cm³/mol. The molecular formula is C6H6N2O4. The molecule has 0 N–H and O–H groups in total. The summed E-state index contributed by atoms with van der Waals surface area (Å²) in [5.41, 5.74) is 0. The van der Waals surface area contributed by atoms with E-state index in [1.807, 2.05) is 0 Å². The second-order valence-electron chi connectivity index (χ2n) is 1.51. The van der Waals surface area contributed by atoms with Gasteiger partial charge in [0.25, 0.3) is 0 Å². The molecule has 6 nitrogen and oxygen atoms in total. The first-order valence-electron chi connectivity index (χ1n) is 3.02. The minimum absolute atomic E-state index is 1.40. The van der Waals surface area contributed by atoms with Crippen LogP contribution in [0.4, 0.5) is 0 Å². The van der Waals surface area contributed by atoms with Crippen molar-refractivity contribution in [2.24, 2.45) is 10.3 Å². The van der Waals surface area contributed by atoms with Gasteiger partial charge in [-0.15, -0.1) is 0 Å². The van der Waals surface area contributed by atoms with Crippen molar-refractivity contribution in [2.75, 3.05) is 0 Å². The fourth-order valence-corrected chi connectivity index (χ4v) is 0.354. The summed E-state index contributed by atoms with van der Waals surface area (Å²) in [5, 5.41) is 6.49. The molecule has 64 valence electrons.